The van der Waals surface area contributed by atoms with Gasteiger partial charge >= 0.3 is 0 Å². The van der Waals surface area contributed by atoms with E-state index in [2.05, 4.69) is 5.32 Å². The molecule has 0 saturated heterocycles. The van der Waals surface area contributed by atoms with E-state index in [1.165, 1.54) is 12.1 Å². The molecule has 0 spiro atoms. The van der Waals surface area contributed by atoms with Gasteiger partial charge in [-0.1, -0.05) is 0 Å². The predicted molar refractivity (Wildman–Crippen MR) is 74.7 cm³/mol. The first-order chi connectivity index (χ1) is 8.63. The van der Waals surface area contributed by atoms with Crippen molar-refractivity contribution in [3.05, 3.63) is 39.4 Å². The number of nitro benzene ring substituents is 1. The number of rotatable bonds is 4. The Morgan fingerprint density at radius 1 is 1.42 bits per heavy atom. The Labute approximate surface area is 117 Å². The van der Waals surface area contributed by atoms with Gasteiger partial charge in [-0.05, 0) is 39.3 Å². The van der Waals surface area contributed by atoms with E-state index in [1.807, 2.05) is 0 Å². The van der Waals surface area contributed by atoms with Crippen molar-refractivity contribution in [1.29, 1.82) is 0 Å². The minimum Gasteiger partial charge on any atom is -0.346 e. The molecule has 0 bridgehead atoms. The number of nitro groups is 1. The van der Waals surface area contributed by atoms with Crippen molar-refractivity contribution in [2.75, 3.05) is 0 Å². The summed E-state index contributed by atoms with van der Waals surface area (Å²) >= 11 is 5.99. The second-order valence-electron chi connectivity index (χ2n) is 5.11. The molecular formula is C13H17ClN2O3. The Balaban J connectivity index is 3.04. The highest BCUT2D eigenvalue weighted by Crippen LogP contribution is 2.19. The van der Waals surface area contributed by atoms with Crippen molar-refractivity contribution in [1.82, 2.24) is 5.32 Å². The molecule has 1 rings (SSSR count). The monoisotopic (exact) mass is 284 g/mol. The third kappa shape index (κ3) is 3.92. The van der Waals surface area contributed by atoms with Crippen molar-refractivity contribution < 1.29 is 9.72 Å². The Kier molecular flexibility index (Phi) is 4.52. The molecular weight excluding hydrogens is 268 g/mol. The zero-order chi connectivity index (χ0) is 14.8. The maximum Gasteiger partial charge on any atom is 0.270 e. The van der Waals surface area contributed by atoms with Gasteiger partial charge in [0.15, 0.2) is 0 Å². The van der Waals surface area contributed by atoms with Crippen LogP contribution in [0.1, 0.15) is 36.7 Å². The number of amides is 1. The number of halogens is 1. The third-order valence-electron chi connectivity index (χ3n) is 2.97. The molecule has 0 fully saturated rings. The van der Waals surface area contributed by atoms with E-state index >= 15 is 0 Å². The molecule has 1 unspecified atom stereocenters. The van der Waals surface area contributed by atoms with Gasteiger partial charge in [0.2, 0.25) is 0 Å². The number of hydrogen-bond donors (Lipinski definition) is 1. The smallest absolute Gasteiger partial charge is 0.270 e. The van der Waals surface area contributed by atoms with E-state index in [-0.39, 0.29) is 22.5 Å². The van der Waals surface area contributed by atoms with Crippen LogP contribution in [0.5, 0.6) is 0 Å². The van der Waals surface area contributed by atoms with Gasteiger partial charge < -0.3 is 5.32 Å². The van der Waals surface area contributed by atoms with Gasteiger partial charge in [-0.2, -0.15) is 0 Å². The fourth-order valence-electron chi connectivity index (χ4n) is 1.46. The number of hydrogen-bond acceptors (Lipinski definition) is 3. The van der Waals surface area contributed by atoms with Gasteiger partial charge in [-0.15, -0.1) is 11.6 Å². The van der Waals surface area contributed by atoms with Crippen LogP contribution in [0.3, 0.4) is 0 Å². The lowest BCUT2D eigenvalue weighted by molar-refractivity contribution is -0.384. The van der Waals surface area contributed by atoms with Gasteiger partial charge in [0.05, 0.1) is 15.8 Å². The average molecular weight is 285 g/mol. The van der Waals surface area contributed by atoms with E-state index in [9.17, 15) is 14.9 Å². The topological polar surface area (TPSA) is 72.2 Å². The number of benzene rings is 1. The van der Waals surface area contributed by atoms with E-state index < -0.39 is 10.5 Å². The molecule has 5 nitrogen and oxygen atoms in total. The fraction of sp³-hybridized carbons (Fsp3) is 0.462. The fourth-order valence-corrected chi connectivity index (χ4v) is 1.52. The third-order valence-corrected chi connectivity index (χ3v) is 3.51. The Morgan fingerprint density at radius 3 is 2.47 bits per heavy atom. The number of nitrogens with one attached hydrogen (secondary N) is 1. The summed E-state index contributed by atoms with van der Waals surface area (Å²) in [6.45, 7) is 7.08. The summed E-state index contributed by atoms with van der Waals surface area (Å²) in [7, 11) is 0. The van der Waals surface area contributed by atoms with Gasteiger partial charge in [0, 0.05) is 17.7 Å². The van der Waals surface area contributed by atoms with Crippen molar-refractivity contribution in [3.8, 4) is 0 Å². The van der Waals surface area contributed by atoms with Crippen LogP contribution in [0.4, 0.5) is 5.69 Å². The van der Waals surface area contributed by atoms with Gasteiger partial charge in [0.25, 0.3) is 11.6 Å². The molecule has 19 heavy (non-hydrogen) atoms. The summed E-state index contributed by atoms with van der Waals surface area (Å²) in [5, 5.41) is 13.3. The van der Waals surface area contributed by atoms with Crippen LogP contribution in [0, 0.1) is 17.0 Å². The Hall–Kier alpha value is -1.62. The molecule has 0 aromatic heterocycles. The molecule has 1 N–H and O–H groups in total. The van der Waals surface area contributed by atoms with Crippen LogP contribution in [-0.2, 0) is 0 Å². The van der Waals surface area contributed by atoms with Crippen LogP contribution in [-0.4, -0.2) is 21.7 Å². The number of carbonyl (C=O) groups excluding carboxylic acids is 1. The Bertz CT molecular complexity index is 513. The Morgan fingerprint density at radius 2 is 2.00 bits per heavy atom. The summed E-state index contributed by atoms with van der Waals surface area (Å²) in [5.74, 6) is -0.371. The lowest BCUT2D eigenvalue weighted by Gasteiger charge is -2.29. The first kappa shape index (κ1) is 15.4. The SMILES string of the molecule is Cc1cc(C(=O)NC(C)(C)C(C)Cl)cc([N+](=O)[O-])c1. The van der Waals surface area contributed by atoms with Crippen LogP contribution >= 0.6 is 11.6 Å². The minimum absolute atomic E-state index is 0.0955. The molecule has 0 aliphatic heterocycles. The average Bonchev–Trinajstić information content (AvgIpc) is 2.27. The van der Waals surface area contributed by atoms with Crippen molar-refractivity contribution in [2.24, 2.45) is 0 Å². The maximum absolute atomic E-state index is 12.1. The molecule has 1 aromatic rings. The van der Waals surface area contributed by atoms with Crippen LogP contribution < -0.4 is 5.32 Å². The molecule has 0 radical (unpaired) electrons. The first-order valence-corrected chi connectivity index (χ1v) is 6.30. The predicted octanol–water partition coefficient (Wildman–Crippen LogP) is 3.04. The van der Waals surface area contributed by atoms with E-state index in [1.54, 1.807) is 33.8 Å². The summed E-state index contributed by atoms with van der Waals surface area (Å²) in [6, 6.07) is 4.29. The van der Waals surface area contributed by atoms with E-state index in [4.69, 9.17) is 11.6 Å². The summed E-state index contributed by atoms with van der Waals surface area (Å²) < 4.78 is 0. The molecule has 1 atom stereocenters. The van der Waals surface area contributed by atoms with Gasteiger partial charge in [-0.25, -0.2) is 0 Å². The number of alkyl halides is 1. The molecule has 0 aliphatic carbocycles. The highest BCUT2D eigenvalue weighted by Gasteiger charge is 2.27. The van der Waals surface area contributed by atoms with Gasteiger partial charge in [-0.3, -0.25) is 14.9 Å². The van der Waals surface area contributed by atoms with E-state index in [0.29, 0.717) is 5.56 Å². The first-order valence-electron chi connectivity index (χ1n) is 5.86. The van der Waals surface area contributed by atoms with Crippen molar-refractivity contribution in [3.63, 3.8) is 0 Å². The number of non-ortho nitro benzene ring substituents is 1. The zero-order valence-corrected chi connectivity index (χ0v) is 12.1. The second kappa shape index (κ2) is 5.57. The van der Waals surface area contributed by atoms with Gasteiger partial charge in [0.1, 0.15) is 0 Å². The molecule has 6 heteroatoms. The zero-order valence-electron chi connectivity index (χ0n) is 11.4. The quantitative estimate of drug-likeness (QED) is 0.525. The van der Waals surface area contributed by atoms with Crippen molar-refractivity contribution in [2.45, 2.75) is 38.6 Å². The summed E-state index contributed by atoms with van der Waals surface area (Å²) in [5.41, 5.74) is 0.229. The standard InChI is InChI=1S/C13H17ClN2O3/c1-8-5-10(7-11(6-8)16(18)19)12(17)15-13(3,4)9(2)14/h5-7,9H,1-4H3,(H,15,17). The minimum atomic E-state index is -0.600. The second-order valence-corrected chi connectivity index (χ2v) is 5.76. The molecule has 1 aromatic carbocycles. The lowest BCUT2D eigenvalue weighted by Crippen LogP contribution is -2.49. The van der Waals surface area contributed by atoms with Crippen LogP contribution in [0.15, 0.2) is 18.2 Å². The van der Waals surface area contributed by atoms with Crippen molar-refractivity contribution >= 4 is 23.2 Å². The summed E-state index contributed by atoms with van der Waals surface area (Å²) in [4.78, 5) is 22.4. The number of nitrogens with zero attached hydrogens (tertiary/aromatic N) is 1. The maximum atomic E-state index is 12.1. The highest BCUT2D eigenvalue weighted by atomic mass is 35.5. The lowest BCUT2D eigenvalue weighted by atomic mass is 10.00. The molecule has 0 heterocycles. The molecule has 0 saturated carbocycles. The number of aryl methyl sites for hydroxylation is 1. The molecule has 104 valence electrons. The van der Waals surface area contributed by atoms with E-state index in [0.717, 1.165) is 0 Å². The molecule has 1 amide bonds. The molecule has 0 aliphatic rings. The summed E-state index contributed by atoms with van der Waals surface area (Å²) in [6.07, 6.45) is 0. The number of carbonyl (C=O) groups is 1. The highest BCUT2D eigenvalue weighted by molar-refractivity contribution is 6.21. The van der Waals surface area contributed by atoms with Crippen LogP contribution in [0.25, 0.3) is 0 Å². The normalized spacial score (nSPS) is 12.9. The largest absolute Gasteiger partial charge is 0.346 e. The van der Waals surface area contributed by atoms with Crippen LogP contribution in [0.2, 0.25) is 0 Å².